The van der Waals surface area contributed by atoms with Crippen molar-refractivity contribution in [1.82, 2.24) is 4.98 Å². The Kier molecular flexibility index (Phi) is 6.09. The van der Waals surface area contributed by atoms with E-state index in [1.54, 1.807) is 0 Å². The maximum absolute atomic E-state index is 4.55. The van der Waals surface area contributed by atoms with Gasteiger partial charge in [-0.3, -0.25) is 0 Å². The van der Waals surface area contributed by atoms with Crippen molar-refractivity contribution in [2.24, 2.45) is 0 Å². The lowest BCUT2D eigenvalue weighted by Crippen LogP contribution is -1.88. The first-order valence-corrected chi connectivity index (χ1v) is 6.76. The Labute approximate surface area is 103 Å². The molecule has 1 aromatic rings. The van der Waals surface area contributed by atoms with Gasteiger partial charge in [-0.15, -0.1) is 11.3 Å². The largest absolute Gasteiger partial charge is 0.246 e. The van der Waals surface area contributed by atoms with E-state index in [-0.39, 0.29) is 0 Å². The van der Waals surface area contributed by atoms with E-state index in [2.05, 4.69) is 31.5 Å². The third-order valence-corrected chi connectivity index (χ3v) is 3.48. The Balaban J connectivity index is 2.14. The highest BCUT2D eigenvalue weighted by Crippen LogP contribution is 2.18. The van der Waals surface area contributed by atoms with Gasteiger partial charge in [0.2, 0.25) is 0 Å². The summed E-state index contributed by atoms with van der Waals surface area (Å²) < 4.78 is 0. The summed E-state index contributed by atoms with van der Waals surface area (Å²) in [5, 5.41) is 1.20. The van der Waals surface area contributed by atoms with Gasteiger partial charge in [0.05, 0.1) is 10.7 Å². The topological polar surface area (TPSA) is 12.9 Å². The third-order valence-electron chi connectivity index (χ3n) is 2.56. The molecule has 0 N–H and O–H groups in total. The quantitative estimate of drug-likeness (QED) is 0.497. The summed E-state index contributed by atoms with van der Waals surface area (Å²) in [4.78, 5) is 5.94. The molecule has 1 rings (SSSR count). The fourth-order valence-corrected chi connectivity index (χ4v) is 2.59. The predicted octanol–water partition coefficient (Wildman–Crippen LogP) is 4.61. The van der Waals surface area contributed by atoms with Crippen molar-refractivity contribution in [2.45, 2.75) is 46.0 Å². The Morgan fingerprint density at radius 2 is 2.06 bits per heavy atom. The monoisotopic (exact) mass is 235 g/mol. The number of aryl methyl sites for hydroxylation is 3. The van der Waals surface area contributed by atoms with Gasteiger partial charge < -0.3 is 0 Å². The predicted molar refractivity (Wildman–Crippen MR) is 73.1 cm³/mol. The molecule has 16 heavy (non-hydrogen) atoms. The van der Waals surface area contributed by atoms with Gasteiger partial charge in [-0.05, 0) is 39.5 Å². The Bertz CT molecular complexity index is 350. The van der Waals surface area contributed by atoms with Gasteiger partial charge in [0.15, 0.2) is 0 Å². The smallest absolute Gasteiger partial charge is 0.0900 e. The summed E-state index contributed by atoms with van der Waals surface area (Å²) in [6, 6.07) is 0. The molecule has 0 bridgehead atoms. The van der Waals surface area contributed by atoms with Crippen molar-refractivity contribution in [3.05, 3.63) is 40.4 Å². The lowest BCUT2D eigenvalue weighted by Gasteiger charge is -1.98. The molecule has 2 heteroatoms. The zero-order valence-electron chi connectivity index (χ0n) is 10.3. The zero-order valence-corrected chi connectivity index (χ0v) is 11.1. The van der Waals surface area contributed by atoms with E-state index < -0.39 is 0 Å². The van der Waals surface area contributed by atoms with E-state index in [9.17, 15) is 0 Å². The minimum atomic E-state index is 1.14. The summed E-state index contributed by atoms with van der Waals surface area (Å²) in [6.07, 6.45) is 12.2. The molecule has 0 aliphatic carbocycles. The van der Waals surface area contributed by atoms with Crippen LogP contribution in [0, 0.1) is 13.8 Å². The van der Waals surface area contributed by atoms with Crippen LogP contribution in [0.5, 0.6) is 0 Å². The highest BCUT2D eigenvalue weighted by atomic mass is 32.1. The van der Waals surface area contributed by atoms with E-state index in [1.165, 1.54) is 41.3 Å². The molecule has 0 unspecified atom stereocenters. The van der Waals surface area contributed by atoms with Crippen LogP contribution in [0.3, 0.4) is 0 Å². The second-order valence-corrected chi connectivity index (χ2v) is 5.41. The van der Waals surface area contributed by atoms with Gasteiger partial charge in [-0.1, -0.05) is 31.2 Å². The van der Waals surface area contributed by atoms with Crippen molar-refractivity contribution in [3.8, 4) is 0 Å². The van der Waals surface area contributed by atoms with Crippen molar-refractivity contribution in [2.75, 3.05) is 0 Å². The number of aromatic nitrogens is 1. The fraction of sp³-hybridized carbons (Fsp3) is 0.500. The molecular weight excluding hydrogens is 214 g/mol. The van der Waals surface area contributed by atoms with E-state index in [0.29, 0.717) is 0 Å². The summed E-state index contributed by atoms with van der Waals surface area (Å²) >= 11 is 1.81. The van der Waals surface area contributed by atoms with Crippen LogP contribution in [0.4, 0.5) is 0 Å². The standard InChI is InChI=1S/C14H21NS/c1-4-5-6-7-8-9-10-11-14-12(2)16-13(3)15-14/h4-6H,1,7-11H2,2-3H3/b6-5-. The van der Waals surface area contributed by atoms with E-state index >= 15 is 0 Å². The molecule has 0 aliphatic rings. The number of nitrogens with zero attached hydrogens (tertiary/aromatic N) is 1. The molecule has 0 spiro atoms. The van der Waals surface area contributed by atoms with Crippen LogP contribution < -0.4 is 0 Å². The Morgan fingerprint density at radius 1 is 1.25 bits per heavy atom. The first-order chi connectivity index (χ1) is 7.74. The molecular formula is C14H21NS. The molecule has 0 atom stereocenters. The minimum Gasteiger partial charge on any atom is -0.246 e. The molecule has 0 aliphatic heterocycles. The number of unbranched alkanes of at least 4 members (excludes halogenated alkanes) is 3. The van der Waals surface area contributed by atoms with Crippen molar-refractivity contribution in [1.29, 1.82) is 0 Å². The van der Waals surface area contributed by atoms with Crippen LogP contribution in [-0.2, 0) is 6.42 Å². The first kappa shape index (κ1) is 13.2. The van der Waals surface area contributed by atoms with Gasteiger partial charge >= 0.3 is 0 Å². The van der Waals surface area contributed by atoms with Crippen LogP contribution in [0.1, 0.15) is 41.3 Å². The maximum atomic E-state index is 4.55. The van der Waals surface area contributed by atoms with Crippen molar-refractivity contribution >= 4 is 11.3 Å². The zero-order chi connectivity index (χ0) is 11.8. The Morgan fingerprint density at radius 3 is 2.69 bits per heavy atom. The number of rotatable bonds is 7. The van der Waals surface area contributed by atoms with E-state index in [0.717, 1.165) is 6.42 Å². The van der Waals surface area contributed by atoms with Gasteiger partial charge in [0.1, 0.15) is 0 Å². The molecule has 1 heterocycles. The number of hydrogen-bond donors (Lipinski definition) is 0. The Hall–Kier alpha value is -0.890. The van der Waals surface area contributed by atoms with Crippen molar-refractivity contribution < 1.29 is 0 Å². The van der Waals surface area contributed by atoms with E-state index in [4.69, 9.17) is 0 Å². The average Bonchev–Trinajstić information content (AvgIpc) is 2.56. The molecule has 88 valence electrons. The average molecular weight is 235 g/mol. The van der Waals surface area contributed by atoms with Crippen LogP contribution >= 0.6 is 11.3 Å². The second-order valence-electron chi connectivity index (χ2n) is 4.00. The maximum Gasteiger partial charge on any atom is 0.0900 e. The second kappa shape index (κ2) is 7.39. The minimum absolute atomic E-state index is 1.14. The van der Waals surface area contributed by atoms with Gasteiger partial charge in [-0.25, -0.2) is 4.98 Å². The molecule has 1 aromatic heterocycles. The van der Waals surface area contributed by atoms with Crippen molar-refractivity contribution in [3.63, 3.8) is 0 Å². The SMILES string of the molecule is C=C/C=C\CCCCCc1nc(C)sc1C. The summed E-state index contributed by atoms with van der Waals surface area (Å²) in [7, 11) is 0. The van der Waals surface area contributed by atoms with Crippen LogP contribution in [0.2, 0.25) is 0 Å². The highest BCUT2D eigenvalue weighted by Gasteiger charge is 2.03. The first-order valence-electron chi connectivity index (χ1n) is 5.94. The van der Waals surface area contributed by atoms with Crippen LogP contribution in [0.25, 0.3) is 0 Å². The third kappa shape index (κ3) is 4.75. The van der Waals surface area contributed by atoms with Crippen LogP contribution in [0.15, 0.2) is 24.8 Å². The van der Waals surface area contributed by atoms with E-state index in [1.807, 2.05) is 23.5 Å². The van der Waals surface area contributed by atoms with Gasteiger partial charge in [0.25, 0.3) is 0 Å². The molecule has 0 amide bonds. The van der Waals surface area contributed by atoms with Gasteiger partial charge in [-0.2, -0.15) is 0 Å². The molecule has 0 radical (unpaired) electrons. The molecule has 1 nitrogen and oxygen atoms in total. The van der Waals surface area contributed by atoms with Gasteiger partial charge in [0, 0.05) is 4.88 Å². The highest BCUT2D eigenvalue weighted by molar-refractivity contribution is 7.11. The number of allylic oxidation sites excluding steroid dienone is 3. The molecule has 0 fully saturated rings. The number of thiazole rings is 1. The number of hydrogen-bond acceptors (Lipinski definition) is 2. The summed E-state index contributed by atoms with van der Waals surface area (Å²) in [5.74, 6) is 0. The molecule has 0 aromatic carbocycles. The van der Waals surface area contributed by atoms with Crippen LogP contribution in [-0.4, -0.2) is 4.98 Å². The lowest BCUT2D eigenvalue weighted by molar-refractivity contribution is 0.679. The molecule has 0 saturated heterocycles. The molecule has 0 saturated carbocycles. The lowest BCUT2D eigenvalue weighted by atomic mass is 10.1. The summed E-state index contributed by atoms with van der Waals surface area (Å²) in [5.41, 5.74) is 1.31. The fourth-order valence-electron chi connectivity index (χ4n) is 1.73. The normalized spacial score (nSPS) is 11.1. The summed E-state index contributed by atoms with van der Waals surface area (Å²) in [6.45, 7) is 7.91.